The fourth-order valence-electron chi connectivity index (χ4n) is 4.55. The molecular formula is C20H28N2O3. The molecule has 0 aromatic heterocycles. The van der Waals surface area contributed by atoms with Crippen LogP contribution in [0.25, 0.3) is 0 Å². The molecule has 1 aliphatic carbocycles. The van der Waals surface area contributed by atoms with Crippen molar-refractivity contribution in [3.8, 4) is 11.5 Å². The van der Waals surface area contributed by atoms with E-state index in [0.29, 0.717) is 23.4 Å². The number of benzene rings is 1. The van der Waals surface area contributed by atoms with Crippen molar-refractivity contribution >= 4 is 5.91 Å². The zero-order valence-electron chi connectivity index (χ0n) is 15.0. The van der Waals surface area contributed by atoms with Crippen molar-refractivity contribution in [2.75, 3.05) is 20.2 Å². The molecule has 136 valence electrons. The summed E-state index contributed by atoms with van der Waals surface area (Å²) in [6.07, 6.45) is 8.22. The number of amides is 1. The molecule has 3 fully saturated rings. The van der Waals surface area contributed by atoms with Crippen LogP contribution >= 0.6 is 0 Å². The Hall–Kier alpha value is -1.75. The van der Waals surface area contributed by atoms with Crippen molar-refractivity contribution in [3.05, 3.63) is 23.8 Å². The molecule has 4 rings (SSSR count). The van der Waals surface area contributed by atoms with E-state index in [-0.39, 0.29) is 12.0 Å². The van der Waals surface area contributed by atoms with Gasteiger partial charge in [0.2, 0.25) is 0 Å². The predicted molar refractivity (Wildman–Crippen MR) is 96.3 cm³/mol. The molecule has 1 aromatic carbocycles. The number of ether oxygens (including phenoxy) is 2. The molecule has 0 spiro atoms. The Morgan fingerprint density at radius 3 is 2.68 bits per heavy atom. The van der Waals surface area contributed by atoms with E-state index in [1.807, 2.05) is 18.2 Å². The third kappa shape index (κ3) is 3.34. The van der Waals surface area contributed by atoms with E-state index in [9.17, 15) is 4.79 Å². The smallest absolute Gasteiger partial charge is 0.254 e. The number of nitrogens with one attached hydrogen (secondary N) is 1. The average molecular weight is 344 g/mol. The highest BCUT2D eigenvalue weighted by atomic mass is 16.5. The molecule has 2 atom stereocenters. The van der Waals surface area contributed by atoms with E-state index in [1.54, 1.807) is 7.11 Å². The van der Waals surface area contributed by atoms with Gasteiger partial charge in [-0.05, 0) is 69.7 Å². The van der Waals surface area contributed by atoms with Gasteiger partial charge in [0, 0.05) is 24.2 Å². The van der Waals surface area contributed by atoms with Gasteiger partial charge in [0.1, 0.15) is 0 Å². The topological polar surface area (TPSA) is 50.8 Å². The molecule has 3 aliphatic rings. The molecular weight excluding hydrogens is 316 g/mol. The second kappa shape index (κ2) is 7.24. The number of carbonyl (C=O) groups is 1. The van der Waals surface area contributed by atoms with Crippen LogP contribution < -0.4 is 14.8 Å². The summed E-state index contributed by atoms with van der Waals surface area (Å²) in [5.74, 6) is 1.55. The molecule has 1 saturated carbocycles. The van der Waals surface area contributed by atoms with E-state index in [4.69, 9.17) is 9.47 Å². The second-order valence-corrected chi connectivity index (χ2v) is 7.48. The van der Waals surface area contributed by atoms with Gasteiger partial charge in [0.25, 0.3) is 5.91 Å². The van der Waals surface area contributed by atoms with Crippen molar-refractivity contribution in [3.63, 3.8) is 0 Å². The van der Waals surface area contributed by atoms with Gasteiger partial charge in [0.05, 0.1) is 13.2 Å². The third-order valence-corrected chi connectivity index (χ3v) is 5.90. The minimum absolute atomic E-state index is 0.127. The molecule has 2 heterocycles. The van der Waals surface area contributed by atoms with E-state index in [0.717, 1.165) is 50.9 Å². The van der Waals surface area contributed by atoms with Gasteiger partial charge in [-0.3, -0.25) is 4.79 Å². The van der Waals surface area contributed by atoms with Crippen molar-refractivity contribution in [2.24, 2.45) is 0 Å². The summed E-state index contributed by atoms with van der Waals surface area (Å²) in [4.78, 5) is 15.2. The van der Waals surface area contributed by atoms with Crippen LogP contribution in [0.1, 0.15) is 55.3 Å². The number of hydrogen-bond acceptors (Lipinski definition) is 4. The SMILES string of the molecule is COc1cc(C(=O)N2C3CCNCC2CC3)ccc1OC1CCCC1. The first kappa shape index (κ1) is 16.7. The Balaban J connectivity index is 1.54. The number of fused-ring (bicyclic) bond motifs is 2. The van der Waals surface area contributed by atoms with Gasteiger partial charge >= 0.3 is 0 Å². The fourth-order valence-corrected chi connectivity index (χ4v) is 4.55. The quantitative estimate of drug-likeness (QED) is 0.912. The lowest BCUT2D eigenvalue weighted by molar-refractivity contribution is 0.0680. The second-order valence-electron chi connectivity index (χ2n) is 7.48. The molecule has 5 heteroatoms. The van der Waals surface area contributed by atoms with Crippen LogP contribution in [-0.2, 0) is 0 Å². The highest BCUT2D eigenvalue weighted by Crippen LogP contribution is 2.34. The number of methoxy groups -OCH3 is 1. The average Bonchev–Trinajstić information content (AvgIpc) is 3.21. The van der Waals surface area contributed by atoms with E-state index in [1.165, 1.54) is 12.8 Å². The Kier molecular flexibility index (Phi) is 4.84. The maximum Gasteiger partial charge on any atom is 0.254 e. The molecule has 25 heavy (non-hydrogen) atoms. The summed E-state index contributed by atoms with van der Waals surface area (Å²) in [5, 5.41) is 3.45. The molecule has 2 unspecified atom stereocenters. The van der Waals surface area contributed by atoms with Gasteiger partial charge in [0.15, 0.2) is 11.5 Å². The van der Waals surface area contributed by atoms with Gasteiger partial charge < -0.3 is 19.7 Å². The zero-order chi connectivity index (χ0) is 17.2. The van der Waals surface area contributed by atoms with Crippen LogP contribution in [0.2, 0.25) is 0 Å². The summed E-state index contributed by atoms with van der Waals surface area (Å²) in [7, 11) is 1.64. The van der Waals surface area contributed by atoms with Crippen molar-refractivity contribution in [1.82, 2.24) is 10.2 Å². The lowest BCUT2D eigenvalue weighted by atomic mass is 10.1. The molecule has 2 bridgehead atoms. The standard InChI is InChI=1S/C20H28N2O3/c1-24-19-12-14(6-9-18(19)25-17-4-2-3-5-17)20(23)22-15-7-8-16(22)13-21-11-10-15/h6,9,12,15-17,21H,2-5,7-8,10-11,13H2,1H3. The minimum atomic E-state index is 0.127. The fraction of sp³-hybridized carbons (Fsp3) is 0.650. The van der Waals surface area contributed by atoms with Crippen LogP contribution in [0.4, 0.5) is 0 Å². The lowest BCUT2D eigenvalue weighted by Crippen LogP contribution is -2.42. The van der Waals surface area contributed by atoms with Crippen molar-refractivity contribution in [2.45, 2.75) is 63.1 Å². The number of hydrogen-bond donors (Lipinski definition) is 1. The molecule has 2 aliphatic heterocycles. The lowest BCUT2D eigenvalue weighted by Gasteiger charge is -2.28. The minimum Gasteiger partial charge on any atom is -0.493 e. The maximum atomic E-state index is 13.1. The Bertz CT molecular complexity index is 613. The van der Waals surface area contributed by atoms with Crippen LogP contribution in [0.15, 0.2) is 18.2 Å². The molecule has 1 aromatic rings. The van der Waals surface area contributed by atoms with Crippen LogP contribution in [-0.4, -0.2) is 49.2 Å². The van der Waals surface area contributed by atoms with Crippen LogP contribution in [0.5, 0.6) is 11.5 Å². The van der Waals surface area contributed by atoms with Crippen molar-refractivity contribution in [1.29, 1.82) is 0 Å². The highest BCUT2D eigenvalue weighted by Gasteiger charge is 2.38. The summed E-state index contributed by atoms with van der Waals surface area (Å²) in [5.41, 5.74) is 0.703. The molecule has 5 nitrogen and oxygen atoms in total. The first-order chi connectivity index (χ1) is 12.3. The summed E-state index contributed by atoms with van der Waals surface area (Å²) >= 11 is 0. The number of nitrogens with zero attached hydrogens (tertiary/aromatic N) is 1. The maximum absolute atomic E-state index is 13.1. The largest absolute Gasteiger partial charge is 0.493 e. The van der Waals surface area contributed by atoms with E-state index in [2.05, 4.69) is 10.2 Å². The monoisotopic (exact) mass is 344 g/mol. The van der Waals surface area contributed by atoms with E-state index < -0.39 is 0 Å². The first-order valence-corrected chi connectivity index (χ1v) is 9.64. The Labute approximate surface area is 149 Å². The van der Waals surface area contributed by atoms with Gasteiger partial charge in [-0.1, -0.05) is 0 Å². The van der Waals surface area contributed by atoms with Gasteiger partial charge in [-0.2, -0.15) is 0 Å². The molecule has 1 N–H and O–H groups in total. The number of carbonyl (C=O) groups excluding carboxylic acids is 1. The summed E-state index contributed by atoms with van der Waals surface area (Å²) in [6.45, 7) is 1.91. The van der Waals surface area contributed by atoms with Crippen LogP contribution in [0, 0.1) is 0 Å². The number of rotatable bonds is 4. The zero-order valence-corrected chi connectivity index (χ0v) is 15.0. The summed E-state index contributed by atoms with van der Waals surface area (Å²) < 4.78 is 11.6. The Morgan fingerprint density at radius 1 is 1.08 bits per heavy atom. The van der Waals surface area contributed by atoms with Gasteiger partial charge in [-0.25, -0.2) is 0 Å². The van der Waals surface area contributed by atoms with Gasteiger partial charge in [-0.15, -0.1) is 0 Å². The molecule has 0 radical (unpaired) electrons. The van der Waals surface area contributed by atoms with Crippen molar-refractivity contribution < 1.29 is 14.3 Å². The van der Waals surface area contributed by atoms with E-state index >= 15 is 0 Å². The highest BCUT2D eigenvalue weighted by molar-refractivity contribution is 5.95. The first-order valence-electron chi connectivity index (χ1n) is 9.64. The normalized spacial score (nSPS) is 26.5. The Morgan fingerprint density at radius 2 is 1.88 bits per heavy atom. The molecule has 2 saturated heterocycles. The summed E-state index contributed by atoms with van der Waals surface area (Å²) in [6, 6.07) is 6.34. The third-order valence-electron chi connectivity index (χ3n) is 5.90. The predicted octanol–water partition coefficient (Wildman–Crippen LogP) is 2.98. The molecule has 1 amide bonds. The van der Waals surface area contributed by atoms with Crippen LogP contribution in [0.3, 0.4) is 0 Å².